The molecule has 3 aromatic rings. The van der Waals surface area contributed by atoms with Crippen molar-refractivity contribution < 1.29 is 0 Å². The summed E-state index contributed by atoms with van der Waals surface area (Å²) in [6.07, 6.45) is 0. The molecule has 1 aromatic carbocycles. The fourth-order valence-electron chi connectivity index (χ4n) is 2.31. The fraction of sp³-hybridized carbons (Fsp3) is 0.312. The van der Waals surface area contributed by atoms with Gasteiger partial charge in [-0.25, -0.2) is 4.98 Å². The van der Waals surface area contributed by atoms with Crippen molar-refractivity contribution >= 4 is 34.4 Å². The molecule has 2 heterocycles. The van der Waals surface area contributed by atoms with E-state index in [1.165, 1.54) is 0 Å². The molecule has 7 heteroatoms. The Kier molecular flexibility index (Phi) is 4.09. The number of halogens is 1. The molecule has 6 nitrogen and oxygen atoms in total. The molecule has 0 atom stereocenters. The molecule has 0 spiro atoms. The van der Waals surface area contributed by atoms with Gasteiger partial charge in [0.1, 0.15) is 5.82 Å². The molecule has 120 valence electrons. The van der Waals surface area contributed by atoms with Crippen molar-refractivity contribution in [2.24, 2.45) is 13.0 Å². The lowest BCUT2D eigenvalue weighted by Crippen LogP contribution is -2.11. The second-order valence-electron chi connectivity index (χ2n) is 5.88. The highest BCUT2D eigenvalue weighted by molar-refractivity contribution is 6.30. The minimum Gasteiger partial charge on any atom is -0.383 e. The van der Waals surface area contributed by atoms with Gasteiger partial charge in [-0.15, -0.1) is 0 Å². The monoisotopic (exact) mass is 330 g/mol. The molecule has 0 radical (unpaired) electrons. The Labute approximate surface area is 139 Å². The van der Waals surface area contributed by atoms with Crippen LogP contribution in [0.3, 0.4) is 0 Å². The van der Waals surface area contributed by atoms with Gasteiger partial charge < -0.3 is 11.1 Å². The molecule has 3 N–H and O–H groups in total. The number of aromatic nitrogens is 4. The molecule has 0 aliphatic carbocycles. The normalized spacial score (nSPS) is 11.3. The zero-order valence-corrected chi connectivity index (χ0v) is 14.1. The van der Waals surface area contributed by atoms with E-state index in [1.54, 1.807) is 11.7 Å². The third-order valence-corrected chi connectivity index (χ3v) is 3.78. The van der Waals surface area contributed by atoms with Crippen molar-refractivity contribution in [1.29, 1.82) is 0 Å². The lowest BCUT2D eigenvalue weighted by atomic mass is 10.1. The number of benzene rings is 1. The van der Waals surface area contributed by atoms with E-state index in [2.05, 4.69) is 34.2 Å². The summed E-state index contributed by atoms with van der Waals surface area (Å²) < 4.78 is 1.62. The lowest BCUT2D eigenvalue weighted by Gasteiger charge is -2.10. The van der Waals surface area contributed by atoms with E-state index in [0.29, 0.717) is 28.4 Å². The van der Waals surface area contributed by atoms with Gasteiger partial charge in [-0.1, -0.05) is 37.6 Å². The van der Waals surface area contributed by atoms with Gasteiger partial charge in [0.2, 0.25) is 5.95 Å². The standard InChI is InChI=1S/C16H19ClN6/c1-9(2)8-19-16-20-13(10-4-6-11(17)7-5-10)12-14(18)23(3)22-15(12)21-16/h4-7,9H,8,18H2,1-3H3,(H,19,21,22). The first kappa shape index (κ1) is 15.6. The summed E-state index contributed by atoms with van der Waals surface area (Å²) >= 11 is 5.98. The average molecular weight is 331 g/mol. The number of nitrogens with two attached hydrogens (primary N) is 1. The highest BCUT2D eigenvalue weighted by Gasteiger charge is 2.17. The summed E-state index contributed by atoms with van der Waals surface area (Å²) in [4.78, 5) is 9.12. The van der Waals surface area contributed by atoms with Crippen molar-refractivity contribution in [3.05, 3.63) is 29.3 Å². The van der Waals surface area contributed by atoms with Gasteiger partial charge in [-0.05, 0) is 18.1 Å². The quantitative estimate of drug-likeness (QED) is 0.766. The Hall–Kier alpha value is -2.34. The first-order valence-electron chi connectivity index (χ1n) is 7.45. The largest absolute Gasteiger partial charge is 0.383 e. The SMILES string of the molecule is CC(C)CNc1nc(-c2ccc(Cl)cc2)c2c(N)n(C)nc2n1. The van der Waals surface area contributed by atoms with E-state index in [9.17, 15) is 0 Å². The predicted molar refractivity (Wildman–Crippen MR) is 94.5 cm³/mol. The Bertz CT molecular complexity index is 838. The van der Waals surface area contributed by atoms with Gasteiger partial charge in [-0.2, -0.15) is 10.1 Å². The molecule has 0 saturated carbocycles. The van der Waals surface area contributed by atoms with E-state index in [-0.39, 0.29) is 0 Å². The van der Waals surface area contributed by atoms with Crippen LogP contribution in [0.1, 0.15) is 13.8 Å². The minimum absolute atomic E-state index is 0.488. The maximum Gasteiger partial charge on any atom is 0.225 e. The number of rotatable bonds is 4. The Morgan fingerprint density at radius 1 is 1.22 bits per heavy atom. The number of nitrogens with zero attached hydrogens (tertiary/aromatic N) is 4. The van der Waals surface area contributed by atoms with Gasteiger partial charge in [0.15, 0.2) is 5.65 Å². The minimum atomic E-state index is 0.488. The maximum absolute atomic E-state index is 6.15. The third kappa shape index (κ3) is 3.07. The van der Waals surface area contributed by atoms with Crippen LogP contribution in [0.5, 0.6) is 0 Å². The van der Waals surface area contributed by atoms with E-state index in [4.69, 9.17) is 17.3 Å². The first-order chi connectivity index (χ1) is 11.0. The van der Waals surface area contributed by atoms with Crippen molar-refractivity contribution in [3.8, 4) is 11.3 Å². The summed E-state index contributed by atoms with van der Waals surface area (Å²) in [7, 11) is 1.80. The van der Waals surface area contributed by atoms with Crippen molar-refractivity contribution in [2.45, 2.75) is 13.8 Å². The number of fused-ring (bicyclic) bond motifs is 1. The van der Waals surface area contributed by atoms with Gasteiger partial charge >= 0.3 is 0 Å². The van der Waals surface area contributed by atoms with Crippen LogP contribution >= 0.6 is 11.6 Å². The van der Waals surface area contributed by atoms with Gasteiger partial charge in [0, 0.05) is 24.2 Å². The van der Waals surface area contributed by atoms with Crippen LogP contribution < -0.4 is 11.1 Å². The highest BCUT2D eigenvalue weighted by atomic mass is 35.5. The number of hydrogen-bond donors (Lipinski definition) is 2. The molecule has 0 bridgehead atoms. The summed E-state index contributed by atoms with van der Waals surface area (Å²) in [5.41, 5.74) is 8.41. The van der Waals surface area contributed by atoms with Crippen molar-refractivity contribution in [1.82, 2.24) is 19.7 Å². The van der Waals surface area contributed by atoms with E-state index >= 15 is 0 Å². The predicted octanol–water partition coefficient (Wildman–Crippen LogP) is 3.33. The van der Waals surface area contributed by atoms with Crippen LogP contribution in [0.4, 0.5) is 11.8 Å². The molecular weight excluding hydrogens is 312 g/mol. The molecule has 0 aliphatic rings. The van der Waals surface area contributed by atoms with Crippen LogP contribution in [-0.4, -0.2) is 26.3 Å². The number of hydrogen-bond acceptors (Lipinski definition) is 5. The molecular formula is C16H19ClN6. The van der Waals surface area contributed by atoms with Crippen LogP contribution in [0.2, 0.25) is 5.02 Å². The average Bonchev–Trinajstić information content (AvgIpc) is 2.80. The maximum atomic E-state index is 6.15. The molecule has 0 saturated heterocycles. The summed E-state index contributed by atoms with van der Waals surface area (Å²) in [5, 5.41) is 9.06. The zero-order valence-electron chi connectivity index (χ0n) is 13.3. The van der Waals surface area contributed by atoms with Gasteiger partial charge in [0.25, 0.3) is 0 Å². The molecule has 2 aromatic heterocycles. The topological polar surface area (TPSA) is 81.6 Å². The summed E-state index contributed by atoms with van der Waals surface area (Å²) in [6, 6.07) is 7.50. The highest BCUT2D eigenvalue weighted by Crippen LogP contribution is 2.31. The van der Waals surface area contributed by atoms with Crippen LogP contribution in [0, 0.1) is 5.92 Å². The Morgan fingerprint density at radius 3 is 2.57 bits per heavy atom. The molecule has 3 rings (SSSR count). The van der Waals surface area contributed by atoms with Crippen LogP contribution in [-0.2, 0) is 7.05 Å². The molecule has 0 aliphatic heterocycles. The van der Waals surface area contributed by atoms with E-state index < -0.39 is 0 Å². The molecule has 0 fully saturated rings. The molecule has 0 unspecified atom stereocenters. The third-order valence-electron chi connectivity index (χ3n) is 3.53. The van der Waals surface area contributed by atoms with E-state index in [1.807, 2.05) is 24.3 Å². The smallest absolute Gasteiger partial charge is 0.225 e. The van der Waals surface area contributed by atoms with Gasteiger partial charge in [0.05, 0.1) is 11.1 Å². The second kappa shape index (κ2) is 6.04. The summed E-state index contributed by atoms with van der Waals surface area (Å²) in [6.45, 7) is 5.04. The van der Waals surface area contributed by atoms with Crippen LogP contribution in [0.15, 0.2) is 24.3 Å². The molecule has 23 heavy (non-hydrogen) atoms. The molecule has 0 amide bonds. The fourth-order valence-corrected chi connectivity index (χ4v) is 2.43. The lowest BCUT2D eigenvalue weighted by molar-refractivity contribution is 0.685. The van der Waals surface area contributed by atoms with E-state index in [0.717, 1.165) is 23.2 Å². The second-order valence-corrected chi connectivity index (χ2v) is 6.32. The zero-order chi connectivity index (χ0) is 16.6. The number of anilines is 2. The Morgan fingerprint density at radius 2 is 1.91 bits per heavy atom. The van der Waals surface area contributed by atoms with Crippen molar-refractivity contribution in [3.63, 3.8) is 0 Å². The Balaban J connectivity index is 2.17. The number of nitrogen functional groups attached to an aromatic ring is 1. The first-order valence-corrected chi connectivity index (χ1v) is 7.83. The number of nitrogens with one attached hydrogen (secondary N) is 1. The summed E-state index contributed by atoms with van der Waals surface area (Å²) in [5.74, 6) is 1.58. The number of aryl methyl sites for hydroxylation is 1. The van der Waals surface area contributed by atoms with Crippen molar-refractivity contribution in [2.75, 3.05) is 17.6 Å². The van der Waals surface area contributed by atoms with Gasteiger partial charge in [-0.3, -0.25) is 4.68 Å². The van der Waals surface area contributed by atoms with Crippen LogP contribution in [0.25, 0.3) is 22.3 Å².